The molecule has 7 nitrogen and oxygen atoms in total. The van der Waals surface area contributed by atoms with E-state index in [-0.39, 0.29) is 35.6 Å². The number of nitrogens with zero attached hydrogens (tertiary/aromatic N) is 3. The van der Waals surface area contributed by atoms with E-state index in [1.807, 2.05) is 47.4 Å². The number of rotatable bonds is 8. The van der Waals surface area contributed by atoms with Crippen molar-refractivity contribution in [1.82, 2.24) is 9.80 Å². The van der Waals surface area contributed by atoms with Gasteiger partial charge in [-0.1, -0.05) is 55.8 Å². The lowest BCUT2D eigenvalue weighted by Gasteiger charge is -2.37. The number of aliphatic hydroxyl groups excluding tert-OH is 1. The summed E-state index contributed by atoms with van der Waals surface area (Å²) in [6.07, 6.45) is 11.3. The number of likely N-dealkylation sites (tertiary alicyclic amines) is 1. The molecule has 2 fully saturated rings. The van der Waals surface area contributed by atoms with E-state index in [2.05, 4.69) is 26.0 Å². The number of hydrogen-bond acceptors (Lipinski definition) is 5. The first-order chi connectivity index (χ1) is 17.9. The van der Waals surface area contributed by atoms with Crippen LogP contribution in [0.1, 0.15) is 39.5 Å². The molecule has 0 bridgehead atoms. The Bertz CT molecular complexity index is 1090. The second-order valence-electron chi connectivity index (χ2n) is 10.5. The minimum absolute atomic E-state index is 0.0221. The molecule has 0 aliphatic carbocycles. The number of unbranched alkanes of at least 4 members (excludes halogenated alkanes) is 1. The van der Waals surface area contributed by atoms with E-state index in [0.717, 1.165) is 18.5 Å². The molecule has 2 unspecified atom stereocenters. The lowest BCUT2D eigenvalue weighted by molar-refractivity contribution is -0.143. The van der Waals surface area contributed by atoms with Crippen molar-refractivity contribution in [2.75, 3.05) is 31.1 Å². The smallest absolute Gasteiger partial charge is 0.247 e. The van der Waals surface area contributed by atoms with Crippen LogP contribution in [0.5, 0.6) is 0 Å². The monoisotopic (exact) mass is 523 g/mol. The molecule has 2 saturated heterocycles. The zero-order chi connectivity index (χ0) is 26.2. The number of hydrogen-bond donors (Lipinski definition) is 1. The fourth-order valence-electron chi connectivity index (χ4n) is 6.60. The number of para-hydroxylation sites is 1. The number of fused-ring (bicyclic) bond motifs is 2. The highest BCUT2D eigenvalue weighted by atomic mass is 32.2. The third-order valence-electron chi connectivity index (χ3n) is 8.30. The van der Waals surface area contributed by atoms with Gasteiger partial charge in [0.2, 0.25) is 17.7 Å². The van der Waals surface area contributed by atoms with Crippen molar-refractivity contribution in [1.29, 1.82) is 0 Å². The predicted octanol–water partition coefficient (Wildman–Crippen LogP) is 3.25. The van der Waals surface area contributed by atoms with Crippen LogP contribution < -0.4 is 4.90 Å². The molecular weight excluding hydrogens is 486 g/mol. The van der Waals surface area contributed by atoms with Crippen molar-refractivity contribution in [3.8, 4) is 0 Å². The predicted molar refractivity (Wildman–Crippen MR) is 146 cm³/mol. The zero-order valence-corrected chi connectivity index (χ0v) is 22.5. The Hall–Kier alpha value is -2.58. The van der Waals surface area contributed by atoms with Gasteiger partial charge in [0, 0.05) is 43.2 Å². The van der Waals surface area contributed by atoms with Crippen LogP contribution in [0.25, 0.3) is 0 Å². The summed E-state index contributed by atoms with van der Waals surface area (Å²) in [4.78, 5) is 48.0. The van der Waals surface area contributed by atoms with E-state index in [1.54, 1.807) is 21.6 Å². The molecule has 6 atom stereocenters. The average Bonchev–Trinajstić information content (AvgIpc) is 3.20. The fraction of sp³-hybridized carbons (Fsp3) is 0.552. The fourth-order valence-corrected chi connectivity index (χ4v) is 8.61. The maximum atomic E-state index is 14.2. The molecule has 4 heterocycles. The van der Waals surface area contributed by atoms with E-state index in [0.29, 0.717) is 32.5 Å². The Labute approximate surface area is 223 Å². The number of benzene rings is 1. The summed E-state index contributed by atoms with van der Waals surface area (Å²) >= 11 is 1.62. The number of thioether (sulfide) groups is 1. The van der Waals surface area contributed by atoms with Gasteiger partial charge in [-0.25, -0.2) is 0 Å². The molecule has 8 heteroatoms. The van der Waals surface area contributed by atoms with Crippen molar-refractivity contribution < 1.29 is 19.5 Å². The van der Waals surface area contributed by atoms with Gasteiger partial charge < -0.3 is 19.8 Å². The molecule has 1 spiro atoms. The third-order valence-corrected chi connectivity index (χ3v) is 10.0. The lowest BCUT2D eigenvalue weighted by atomic mass is 9.78. The number of aliphatic hydroxyl groups is 1. The first kappa shape index (κ1) is 26.0. The highest BCUT2D eigenvalue weighted by Gasteiger charge is 2.71. The van der Waals surface area contributed by atoms with Crippen molar-refractivity contribution >= 4 is 35.2 Å². The molecule has 3 amide bonds. The quantitative estimate of drug-likeness (QED) is 0.418. The maximum absolute atomic E-state index is 14.2. The van der Waals surface area contributed by atoms with Crippen molar-refractivity contribution in [2.24, 2.45) is 11.8 Å². The lowest BCUT2D eigenvalue weighted by Crippen LogP contribution is -2.55. The minimum atomic E-state index is -0.789. The first-order valence-electron chi connectivity index (χ1n) is 13.5. The van der Waals surface area contributed by atoms with Gasteiger partial charge in [-0.15, -0.1) is 11.8 Å². The molecule has 198 valence electrons. The van der Waals surface area contributed by atoms with E-state index in [9.17, 15) is 19.5 Å². The first-order valence-corrected chi connectivity index (χ1v) is 14.4. The Morgan fingerprint density at radius 3 is 2.57 bits per heavy atom. The van der Waals surface area contributed by atoms with Crippen LogP contribution in [-0.2, 0) is 14.4 Å². The largest absolute Gasteiger partial charge is 0.396 e. The Morgan fingerprint density at radius 1 is 1.05 bits per heavy atom. The van der Waals surface area contributed by atoms with Crippen LogP contribution in [0.4, 0.5) is 5.69 Å². The number of anilines is 1. The number of carbonyl (C=O) groups is 3. The molecule has 4 aliphatic heterocycles. The standard InChI is InChI=1S/C29H37N3O4S/c1-3-11-20(2)30-18-10-15-29-24(27(35)32(16-7-8-19-33)25(29)28(30)36)23-22(37-29)14-9-17-31(26(23)34)21-12-5-4-6-13-21/h4-6,9-10,12-15,20,22-25,33H,3,7-8,11,16-19H2,1-2H3/t20?,22-,23+,24+,25?,29+/m1/s1. The molecule has 1 N–H and O–H groups in total. The van der Waals surface area contributed by atoms with E-state index < -0.39 is 22.6 Å². The normalized spacial score (nSPS) is 31.8. The number of amides is 3. The van der Waals surface area contributed by atoms with Crippen LogP contribution in [0.2, 0.25) is 0 Å². The maximum Gasteiger partial charge on any atom is 0.247 e. The summed E-state index contributed by atoms with van der Waals surface area (Å²) in [5.74, 6) is -1.33. The van der Waals surface area contributed by atoms with Gasteiger partial charge in [0.25, 0.3) is 0 Å². The minimum Gasteiger partial charge on any atom is -0.396 e. The van der Waals surface area contributed by atoms with Gasteiger partial charge in [-0.3, -0.25) is 14.4 Å². The molecule has 0 aromatic heterocycles. The molecule has 1 aromatic rings. The Balaban J connectivity index is 1.56. The van der Waals surface area contributed by atoms with Crippen LogP contribution in [0.3, 0.4) is 0 Å². The van der Waals surface area contributed by atoms with Crippen molar-refractivity contribution in [3.05, 3.63) is 54.6 Å². The summed E-state index contributed by atoms with van der Waals surface area (Å²) in [5.41, 5.74) is 0.817. The van der Waals surface area contributed by atoms with Gasteiger partial charge in [-0.05, 0) is 38.3 Å². The van der Waals surface area contributed by atoms with Gasteiger partial charge in [0.05, 0.1) is 16.6 Å². The van der Waals surface area contributed by atoms with Gasteiger partial charge in [0.15, 0.2) is 0 Å². The summed E-state index contributed by atoms with van der Waals surface area (Å²) in [6, 6.07) is 9.02. The second-order valence-corrected chi connectivity index (χ2v) is 12.0. The summed E-state index contributed by atoms with van der Waals surface area (Å²) < 4.78 is -0.789. The van der Waals surface area contributed by atoms with Crippen LogP contribution in [-0.4, -0.2) is 80.9 Å². The van der Waals surface area contributed by atoms with E-state index >= 15 is 0 Å². The third kappa shape index (κ3) is 4.32. The zero-order valence-electron chi connectivity index (χ0n) is 21.7. The molecule has 0 radical (unpaired) electrons. The van der Waals surface area contributed by atoms with E-state index in [4.69, 9.17) is 0 Å². The Morgan fingerprint density at radius 2 is 1.84 bits per heavy atom. The van der Waals surface area contributed by atoms with Crippen LogP contribution in [0, 0.1) is 11.8 Å². The summed E-state index contributed by atoms with van der Waals surface area (Å²) in [5, 5.41) is 9.20. The molecular formula is C29H37N3O4S. The SMILES string of the molecule is CCCC(C)N1CC=C[C@]23S[C@@H]4C=CCN(c5ccccc5)C(=O)[C@@H]4[C@H]2C(=O)N(CCCCO)C3C1=O. The van der Waals surface area contributed by atoms with Crippen molar-refractivity contribution in [3.63, 3.8) is 0 Å². The summed E-state index contributed by atoms with van der Waals surface area (Å²) in [7, 11) is 0. The highest BCUT2D eigenvalue weighted by molar-refractivity contribution is 8.02. The molecule has 37 heavy (non-hydrogen) atoms. The van der Waals surface area contributed by atoms with Crippen molar-refractivity contribution in [2.45, 2.75) is 61.6 Å². The number of carbonyl (C=O) groups excluding carboxylic acids is 3. The Kier molecular flexibility index (Phi) is 7.50. The average molecular weight is 524 g/mol. The van der Waals surface area contributed by atoms with Crippen LogP contribution in [0.15, 0.2) is 54.6 Å². The molecule has 5 rings (SSSR count). The van der Waals surface area contributed by atoms with Gasteiger partial charge in [-0.2, -0.15) is 0 Å². The molecule has 0 saturated carbocycles. The van der Waals surface area contributed by atoms with Crippen LogP contribution >= 0.6 is 11.8 Å². The van der Waals surface area contributed by atoms with Gasteiger partial charge in [0.1, 0.15) is 6.04 Å². The molecule has 1 aromatic carbocycles. The topological polar surface area (TPSA) is 81.2 Å². The highest BCUT2D eigenvalue weighted by Crippen LogP contribution is 2.61. The summed E-state index contributed by atoms with van der Waals surface area (Å²) in [6.45, 7) is 5.62. The van der Waals surface area contributed by atoms with E-state index in [1.165, 1.54) is 0 Å². The molecule has 4 aliphatic rings. The second kappa shape index (κ2) is 10.7. The van der Waals surface area contributed by atoms with Gasteiger partial charge >= 0.3 is 0 Å².